The van der Waals surface area contributed by atoms with Crippen LogP contribution in [0.4, 0.5) is 0 Å². The number of nitrogens with zero attached hydrogens (tertiary/aromatic N) is 2. The maximum atomic E-state index is 11.0. The summed E-state index contributed by atoms with van der Waals surface area (Å²) in [5.74, 6) is -0.454. The Morgan fingerprint density at radius 1 is 1.60 bits per heavy atom. The van der Waals surface area contributed by atoms with Crippen LogP contribution >= 0.6 is 0 Å². The molecule has 1 heterocycles. The fourth-order valence-corrected chi connectivity index (χ4v) is 2.04. The van der Waals surface area contributed by atoms with Crippen molar-refractivity contribution in [2.24, 2.45) is 0 Å². The van der Waals surface area contributed by atoms with Crippen LogP contribution in [0.2, 0.25) is 0 Å². The van der Waals surface area contributed by atoms with E-state index in [1.807, 2.05) is 18.5 Å². The van der Waals surface area contributed by atoms with Crippen molar-refractivity contribution in [1.82, 2.24) is 9.78 Å². The van der Waals surface area contributed by atoms with Gasteiger partial charge in [0.2, 0.25) is 0 Å². The smallest absolute Gasteiger partial charge is 0.339 e. The van der Waals surface area contributed by atoms with Gasteiger partial charge >= 0.3 is 5.97 Å². The Morgan fingerprint density at radius 2 is 2.27 bits per heavy atom. The molecule has 0 radical (unpaired) electrons. The molecule has 0 aliphatic heterocycles. The summed E-state index contributed by atoms with van der Waals surface area (Å²) in [6.45, 7) is 4.06. The summed E-state index contributed by atoms with van der Waals surface area (Å²) < 4.78 is 1.85. The highest BCUT2D eigenvalue weighted by Crippen LogP contribution is 2.38. The normalized spacial score (nSPS) is 16.7. The van der Waals surface area contributed by atoms with Crippen LogP contribution in [0, 0.1) is 0 Å². The van der Waals surface area contributed by atoms with Crippen molar-refractivity contribution in [2.45, 2.75) is 45.1 Å². The van der Waals surface area contributed by atoms with Crippen molar-refractivity contribution in [3.63, 3.8) is 0 Å². The van der Waals surface area contributed by atoms with Gasteiger partial charge in [0, 0.05) is 12.0 Å². The summed E-state index contributed by atoms with van der Waals surface area (Å²) in [6.07, 6.45) is 4.88. The van der Waals surface area contributed by atoms with Crippen molar-refractivity contribution in [3.8, 4) is 0 Å². The highest BCUT2D eigenvalue weighted by Gasteiger charge is 2.29. The van der Waals surface area contributed by atoms with Crippen molar-refractivity contribution in [1.29, 1.82) is 0 Å². The summed E-state index contributed by atoms with van der Waals surface area (Å²) in [5, 5.41) is 13.3. The molecule has 1 fully saturated rings. The molecule has 0 bridgehead atoms. The number of carboxylic acid groups (broad SMARTS) is 1. The molecule has 4 heteroatoms. The van der Waals surface area contributed by atoms with Crippen LogP contribution in [-0.4, -0.2) is 20.9 Å². The Morgan fingerprint density at radius 3 is 2.67 bits per heavy atom. The molecule has 0 amide bonds. The Balaban J connectivity index is 2.43. The van der Waals surface area contributed by atoms with E-state index in [4.69, 9.17) is 5.11 Å². The molecule has 0 atom stereocenters. The standard InChI is InChI=1S/C11H16N2O2/c1-7(2)13-10(8-4-3-5-8)9(6-12-13)11(14)15/h6-8H,3-5H2,1-2H3,(H,14,15). The van der Waals surface area contributed by atoms with Crippen LogP contribution in [0.5, 0.6) is 0 Å². The number of aromatic carboxylic acids is 1. The topological polar surface area (TPSA) is 55.1 Å². The summed E-state index contributed by atoms with van der Waals surface area (Å²) in [7, 11) is 0. The lowest BCUT2D eigenvalue weighted by atomic mass is 9.81. The summed E-state index contributed by atoms with van der Waals surface area (Å²) >= 11 is 0. The van der Waals surface area contributed by atoms with Gasteiger partial charge in [0.1, 0.15) is 5.56 Å². The summed E-state index contributed by atoms with van der Waals surface area (Å²) in [6, 6.07) is 0.230. The van der Waals surface area contributed by atoms with Gasteiger partial charge in [0.05, 0.1) is 11.9 Å². The molecule has 1 aromatic heterocycles. The van der Waals surface area contributed by atoms with E-state index >= 15 is 0 Å². The van der Waals surface area contributed by atoms with E-state index in [1.165, 1.54) is 12.6 Å². The molecule has 1 N–H and O–H groups in total. The van der Waals surface area contributed by atoms with E-state index in [1.54, 1.807) is 0 Å². The van der Waals surface area contributed by atoms with E-state index in [2.05, 4.69) is 5.10 Å². The number of hydrogen-bond donors (Lipinski definition) is 1. The lowest BCUT2D eigenvalue weighted by Gasteiger charge is -2.27. The average molecular weight is 208 g/mol. The molecule has 2 rings (SSSR count). The van der Waals surface area contributed by atoms with Gasteiger partial charge in [-0.15, -0.1) is 0 Å². The highest BCUT2D eigenvalue weighted by atomic mass is 16.4. The van der Waals surface area contributed by atoms with E-state index in [-0.39, 0.29) is 6.04 Å². The number of rotatable bonds is 3. The zero-order valence-corrected chi connectivity index (χ0v) is 9.10. The van der Waals surface area contributed by atoms with Crippen LogP contribution in [0.3, 0.4) is 0 Å². The molecule has 0 aromatic carbocycles. The largest absolute Gasteiger partial charge is 0.478 e. The quantitative estimate of drug-likeness (QED) is 0.830. The van der Waals surface area contributed by atoms with Gasteiger partial charge in [0.15, 0.2) is 0 Å². The van der Waals surface area contributed by atoms with E-state index in [0.717, 1.165) is 18.5 Å². The number of carboxylic acids is 1. The van der Waals surface area contributed by atoms with Crippen LogP contribution < -0.4 is 0 Å². The third-order valence-electron chi connectivity index (χ3n) is 3.05. The van der Waals surface area contributed by atoms with Crippen molar-refractivity contribution >= 4 is 5.97 Å². The van der Waals surface area contributed by atoms with Crippen LogP contribution in [0.25, 0.3) is 0 Å². The Labute approximate surface area is 88.9 Å². The molecule has 0 saturated heterocycles. The zero-order valence-electron chi connectivity index (χ0n) is 9.10. The lowest BCUT2D eigenvalue weighted by Crippen LogP contribution is -2.19. The molecule has 0 unspecified atom stereocenters. The molecule has 1 aliphatic carbocycles. The third-order valence-corrected chi connectivity index (χ3v) is 3.05. The van der Waals surface area contributed by atoms with Gasteiger partial charge in [-0.3, -0.25) is 4.68 Å². The van der Waals surface area contributed by atoms with Gasteiger partial charge in [-0.25, -0.2) is 4.79 Å². The predicted molar refractivity (Wildman–Crippen MR) is 56.2 cm³/mol. The molecule has 1 aromatic rings. The SMILES string of the molecule is CC(C)n1ncc(C(=O)O)c1C1CCC1. The molecule has 0 spiro atoms. The average Bonchev–Trinajstić information content (AvgIpc) is 2.45. The summed E-state index contributed by atoms with van der Waals surface area (Å²) in [5.41, 5.74) is 1.30. The molecular formula is C11H16N2O2. The second-order valence-corrected chi connectivity index (χ2v) is 4.41. The fraction of sp³-hybridized carbons (Fsp3) is 0.636. The minimum absolute atomic E-state index is 0.230. The molecule has 15 heavy (non-hydrogen) atoms. The van der Waals surface area contributed by atoms with Crippen molar-refractivity contribution in [3.05, 3.63) is 17.5 Å². The number of aromatic nitrogens is 2. The first kappa shape index (κ1) is 10.2. The molecule has 82 valence electrons. The van der Waals surface area contributed by atoms with Crippen molar-refractivity contribution < 1.29 is 9.90 Å². The van der Waals surface area contributed by atoms with E-state index in [0.29, 0.717) is 11.5 Å². The third kappa shape index (κ3) is 1.64. The lowest BCUT2D eigenvalue weighted by molar-refractivity contribution is 0.0694. The molecule has 1 aliphatic rings. The number of hydrogen-bond acceptors (Lipinski definition) is 2. The van der Waals surface area contributed by atoms with Gasteiger partial charge < -0.3 is 5.11 Å². The second kappa shape index (κ2) is 3.68. The first-order valence-electron chi connectivity index (χ1n) is 5.42. The van der Waals surface area contributed by atoms with Crippen LogP contribution in [0.1, 0.15) is 61.1 Å². The van der Waals surface area contributed by atoms with Crippen molar-refractivity contribution in [2.75, 3.05) is 0 Å². The highest BCUT2D eigenvalue weighted by molar-refractivity contribution is 5.88. The molecular weight excluding hydrogens is 192 g/mol. The molecule has 1 saturated carbocycles. The van der Waals surface area contributed by atoms with Gasteiger partial charge in [-0.2, -0.15) is 5.10 Å². The monoisotopic (exact) mass is 208 g/mol. The molecule has 4 nitrogen and oxygen atoms in total. The van der Waals surface area contributed by atoms with E-state index in [9.17, 15) is 4.79 Å². The first-order chi connectivity index (χ1) is 7.11. The van der Waals surface area contributed by atoms with Crippen LogP contribution in [-0.2, 0) is 0 Å². The maximum absolute atomic E-state index is 11.0. The van der Waals surface area contributed by atoms with Gasteiger partial charge in [-0.1, -0.05) is 6.42 Å². The first-order valence-corrected chi connectivity index (χ1v) is 5.42. The minimum atomic E-state index is -0.858. The Bertz CT molecular complexity index is 378. The fourth-order valence-electron chi connectivity index (χ4n) is 2.04. The minimum Gasteiger partial charge on any atom is -0.478 e. The second-order valence-electron chi connectivity index (χ2n) is 4.41. The Hall–Kier alpha value is -1.32. The van der Waals surface area contributed by atoms with Crippen LogP contribution in [0.15, 0.2) is 6.20 Å². The van der Waals surface area contributed by atoms with Gasteiger partial charge in [0.25, 0.3) is 0 Å². The zero-order chi connectivity index (χ0) is 11.0. The predicted octanol–water partition coefficient (Wildman–Crippen LogP) is 2.43. The maximum Gasteiger partial charge on any atom is 0.339 e. The number of carbonyl (C=O) groups is 1. The van der Waals surface area contributed by atoms with E-state index < -0.39 is 5.97 Å². The van der Waals surface area contributed by atoms with Gasteiger partial charge in [-0.05, 0) is 26.7 Å². The Kier molecular flexibility index (Phi) is 2.50. The summed E-state index contributed by atoms with van der Waals surface area (Å²) in [4.78, 5) is 11.0.